The Balaban J connectivity index is 2.75. The standard InChI is InChI=1S/C15H20ClNO3S/c1-4-20-13(18)11-6-8-12(9-7-11)17-14(19)15(3,10-16)21-5-2/h6-9H,4-5,10H2,1-3H3,(H,17,19)/t15-/m1/s1. The molecule has 0 fully saturated rings. The molecule has 0 saturated heterocycles. The van der Waals surface area contributed by atoms with E-state index in [4.69, 9.17) is 16.3 Å². The molecule has 0 unspecified atom stereocenters. The number of halogens is 1. The molecule has 1 atom stereocenters. The smallest absolute Gasteiger partial charge is 0.338 e. The van der Waals surface area contributed by atoms with Crippen LogP contribution in [0.5, 0.6) is 0 Å². The van der Waals surface area contributed by atoms with Crippen LogP contribution in [0.1, 0.15) is 31.1 Å². The van der Waals surface area contributed by atoms with E-state index in [9.17, 15) is 9.59 Å². The molecule has 4 nitrogen and oxygen atoms in total. The summed E-state index contributed by atoms with van der Waals surface area (Å²) in [6.45, 7) is 5.89. The van der Waals surface area contributed by atoms with Gasteiger partial charge in [-0.1, -0.05) is 6.92 Å². The minimum absolute atomic E-state index is 0.145. The normalized spacial score (nSPS) is 13.3. The molecule has 6 heteroatoms. The van der Waals surface area contributed by atoms with Crippen LogP contribution in [0.4, 0.5) is 5.69 Å². The lowest BCUT2D eigenvalue weighted by molar-refractivity contribution is -0.117. The van der Waals surface area contributed by atoms with E-state index in [0.717, 1.165) is 5.75 Å². The number of esters is 1. The van der Waals surface area contributed by atoms with Crippen molar-refractivity contribution in [3.05, 3.63) is 29.8 Å². The molecule has 1 rings (SSSR count). The van der Waals surface area contributed by atoms with E-state index in [0.29, 0.717) is 17.9 Å². The second kappa shape index (κ2) is 8.29. The van der Waals surface area contributed by atoms with Crippen molar-refractivity contribution in [2.45, 2.75) is 25.5 Å². The fraction of sp³-hybridized carbons (Fsp3) is 0.467. The third kappa shape index (κ3) is 4.93. The third-order valence-corrected chi connectivity index (χ3v) is 4.80. The van der Waals surface area contributed by atoms with Crippen LogP contribution >= 0.6 is 23.4 Å². The molecule has 0 aromatic heterocycles. The van der Waals surface area contributed by atoms with Crippen molar-refractivity contribution in [2.75, 3.05) is 23.6 Å². The molecule has 0 spiro atoms. The van der Waals surface area contributed by atoms with Gasteiger partial charge >= 0.3 is 5.97 Å². The Morgan fingerprint density at radius 3 is 2.38 bits per heavy atom. The highest BCUT2D eigenvalue weighted by molar-refractivity contribution is 8.01. The Hall–Kier alpha value is -1.20. The van der Waals surface area contributed by atoms with Crippen LogP contribution < -0.4 is 5.32 Å². The predicted molar refractivity (Wildman–Crippen MR) is 88.3 cm³/mol. The van der Waals surface area contributed by atoms with Crippen molar-refractivity contribution >= 4 is 40.9 Å². The molecule has 116 valence electrons. The van der Waals surface area contributed by atoms with Crippen LogP contribution in [-0.4, -0.2) is 34.9 Å². The lowest BCUT2D eigenvalue weighted by Gasteiger charge is -2.24. The Morgan fingerprint density at radius 2 is 1.90 bits per heavy atom. The number of carbonyl (C=O) groups excluding carboxylic acids is 2. The van der Waals surface area contributed by atoms with Crippen molar-refractivity contribution < 1.29 is 14.3 Å². The molecular weight excluding hydrogens is 310 g/mol. The van der Waals surface area contributed by atoms with E-state index in [2.05, 4.69) is 5.32 Å². The lowest BCUT2D eigenvalue weighted by atomic mass is 10.1. The Kier molecular flexibility index (Phi) is 7.05. The maximum absolute atomic E-state index is 12.3. The van der Waals surface area contributed by atoms with Crippen molar-refractivity contribution in [3.63, 3.8) is 0 Å². The molecule has 0 heterocycles. The first-order valence-electron chi connectivity index (χ1n) is 6.75. The maximum atomic E-state index is 12.3. The molecule has 1 aromatic carbocycles. The highest BCUT2D eigenvalue weighted by atomic mass is 35.5. The molecule has 0 radical (unpaired) electrons. The minimum Gasteiger partial charge on any atom is -0.462 e. The minimum atomic E-state index is -0.671. The molecular formula is C15H20ClNO3S. The van der Waals surface area contributed by atoms with Gasteiger partial charge in [0.1, 0.15) is 4.75 Å². The van der Waals surface area contributed by atoms with Crippen molar-refractivity contribution in [3.8, 4) is 0 Å². The van der Waals surface area contributed by atoms with Gasteiger partial charge in [0, 0.05) is 11.6 Å². The van der Waals surface area contributed by atoms with E-state index >= 15 is 0 Å². The fourth-order valence-corrected chi connectivity index (χ4v) is 2.90. The van der Waals surface area contributed by atoms with E-state index in [1.165, 1.54) is 11.8 Å². The number of amides is 1. The number of thioether (sulfide) groups is 1. The van der Waals surface area contributed by atoms with Gasteiger partial charge in [0.25, 0.3) is 0 Å². The van der Waals surface area contributed by atoms with Gasteiger partial charge in [-0.3, -0.25) is 4.79 Å². The van der Waals surface area contributed by atoms with Crippen LogP contribution in [0.25, 0.3) is 0 Å². The van der Waals surface area contributed by atoms with Gasteiger partial charge < -0.3 is 10.1 Å². The second-order valence-electron chi connectivity index (χ2n) is 4.55. The SMILES string of the molecule is CCOC(=O)c1ccc(NC(=O)[C@@](C)(CCl)SCC)cc1. The lowest BCUT2D eigenvalue weighted by Crippen LogP contribution is -2.39. The quantitative estimate of drug-likeness (QED) is 0.614. The highest BCUT2D eigenvalue weighted by Gasteiger charge is 2.32. The van der Waals surface area contributed by atoms with Gasteiger partial charge in [-0.2, -0.15) is 0 Å². The van der Waals surface area contributed by atoms with Crippen molar-refractivity contribution in [2.24, 2.45) is 0 Å². The molecule has 0 aliphatic rings. The summed E-state index contributed by atoms with van der Waals surface area (Å²) in [7, 11) is 0. The fourth-order valence-electron chi connectivity index (χ4n) is 1.65. The van der Waals surface area contributed by atoms with Gasteiger partial charge in [-0.15, -0.1) is 23.4 Å². The van der Waals surface area contributed by atoms with Gasteiger partial charge in [0.15, 0.2) is 0 Å². The number of nitrogens with one attached hydrogen (secondary N) is 1. The zero-order valence-corrected chi connectivity index (χ0v) is 14.0. The molecule has 1 N–H and O–H groups in total. The average molecular weight is 330 g/mol. The molecule has 0 aliphatic carbocycles. The maximum Gasteiger partial charge on any atom is 0.338 e. The van der Waals surface area contributed by atoms with E-state index in [1.54, 1.807) is 31.2 Å². The zero-order chi connectivity index (χ0) is 15.9. The summed E-state index contributed by atoms with van der Waals surface area (Å²) < 4.78 is 4.23. The Morgan fingerprint density at radius 1 is 1.29 bits per heavy atom. The number of rotatable bonds is 7. The second-order valence-corrected chi connectivity index (χ2v) is 6.58. The summed E-state index contributed by atoms with van der Waals surface area (Å²) >= 11 is 7.41. The van der Waals surface area contributed by atoms with E-state index in [1.807, 2.05) is 13.8 Å². The largest absolute Gasteiger partial charge is 0.462 e. The summed E-state index contributed by atoms with van der Waals surface area (Å²) in [5, 5.41) is 2.82. The summed E-state index contributed by atoms with van der Waals surface area (Å²) in [5.41, 5.74) is 1.08. The van der Waals surface area contributed by atoms with Crippen LogP contribution in [0.2, 0.25) is 0 Å². The van der Waals surface area contributed by atoms with Crippen LogP contribution in [0.3, 0.4) is 0 Å². The molecule has 0 saturated carbocycles. The number of hydrogen-bond donors (Lipinski definition) is 1. The molecule has 0 aliphatic heterocycles. The predicted octanol–water partition coefficient (Wildman–Crippen LogP) is 3.55. The first kappa shape index (κ1) is 17.9. The highest BCUT2D eigenvalue weighted by Crippen LogP contribution is 2.28. The summed E-state index contributed by atoms with van der Waals surface area (Å²) in [4.78, 5) is 23.8. The number of benzene rings is 1. The van der Waals surface area contributed by atoms with E-state index in [-0.39, 0.29) is 17.8 Å². The van der Waals surface area contributed by atoms with Crippen molar-refractivity contribution in [1.29, 1.82) is 0 Å². The first-order valence-corrected chi connectivity index (χ1v) is 8.27. The van der Waals surface area contributed by atoms with Gasteiger partial charge in [0.2, 0.25) is 5.91 Å². The first-order chi connectivity index (χ1) is 9.96. The molecule has 1 amide bonds. The van der Waals surface area contributed by atoms with Gasteiger partial charge in [-0.25, -0.2) is 4.79 Å². The number of alkyl halides is 1. The van der Waals surface area contributed by atoms with E-state index < -0.39 is 4.75 Å². The number of ether oxygens (including phenoxy) is 1. The number of hydrogen-bond acceptors (Lipinski definition) is 4. The molecule has 0 bridgehead atoms. The topological polar surface area (TPSA) is 55.4 Å². The number of carbonyl (C=O) groups is 2. The average Bonchev–Trinajstić information content (AvgIpc) is 2.48. The molecule has 21 heavy (non-hydrogen) atoms. The summed E-state index contributed by atoms with van der Waals surface area (Å²) in [5.74, 6) is 0.521. The van der Waals surface area contributed by atoms with Gasteiger partial charge in [0.05, 0.1) is 12.2 Å². The summed E-state index contributed by atoms with van der Waals surface area (Å²) in [6, 6.07) is 6.60. The summed E-state index contributed by atoms with van der Waals surface area (Å²) in [6.07, 6.45) is 0. The number of anilines is 1. The van der Waals surface area contributed by atoms with Crippen LogP contribution in [-0.2, 0) is 9.53 Å². The van der Waals surface area contributed by atoms with Gasteiger partial charge in [-0.05, 0) is 43.9 Å². The van der Waals surface area contributed by atoms with Crippen LogP contribution in [0.15, 0.2) is 24.3 Å². The Labute approximate surface area is 134 Å². The van der Waals surface area contributed by atoms with Crippen LogP contribution in [0, 0.1) is 0 Å². The van der Waals surface area contributed by atoms with Crippen molar-refractivity contribution in [1.82, 2.24) is 0 Å². The third-order valence-electron chi connectivity index (χ3n) is 2.85. The monoisotopic (exact) mass is 329 g/mol. The zero-order valence-electron chi connectivity index (χ0n) is 12.4. The Bertz CT molecular complexity index is 492. The molecule has 1 aromatic rings.